The Labute approximate surface area is 103 Å². The lowest BCUT2D eigenvalue weighted by Gasteiger charge is -2.10. The second kappa shape index (κ2) is 5.09. The molecule has 1 atom stereocenters. The lowest BCUT2D eigenvalue weighted by Crippen LogP contribution is -2.23. The molecule has 1 aromatic carbocycles. The number of nitro benzene ring substituents is 1. The van der Waals surface area contributed by atoms with E-state index in [0.29, 0.717) is 0 Å². The van der Waals surface area contributed by atoms with Gasteiger partial charge in [0, 0.05) is 12.1 Å². The Balaban J connectivity index is 3.17. The summed E-state index contributed by atoms with van der Waals surface area (Å²) >= 11 is 2.79. The molecule has 0 amide bonds. The first-order valence-corrected chi connectivity index (χ1v) is 5.15. The summed E-state index contributed by atoms with van der Waals surface area (Å²) < 4.78 is 17.9. The highest BCUT2D eigenvalue weighted by Gasteiger charge is 2.23. The third kappa shape index (κ3) is 3.13. The number of hydrogen-bond acceptors (Lipinski definition) is 4. The monoisotopic (exact) mass is 307 g/mol. The summed E-state index contributed by atoms with van der Waals surface area (Å²) in [6.45, 7) is 1.19. The minimum absolute atomic E-state index is 0.0977. The van der Waals surface area contributed by atoms with Crippen molar-refractivity contribution in [2.24, 2.45) is 0 Å². The molecular formula is C9H7BrFNO5. The highest BCUT2D eigenvalue weighted by atomic mass is 79.9. The quantitative estimate of drug-likeness (QED) is 0.681. The van der Waals surface area contributed by atoms with E-state index >= 15 is 0 Å². The van der Waals surface area contributed by atoms with Crippen molar-refractivity contribution < 1.29 is 24.0 Å². The summed E-state index contributed by atoms with van der Waals surface area (Å²) in [6.07, 6.45) is -1.31. The minimum Gasteiger partial charge on any atom is -0.479 e. The van der Waals surface area contributed by atoms with Gasteiger partial charge >= 0.3 is 11.7 Å². The van der Waals surface area contributed by atoms with Crippen LogP contribution < -0.4 is 4.74 Å². The van der Waals surface area contributed by atoms with E-state index < -0.39 is 34.3 Å². The SMILES string of the molecule is CC(Oc1cc(F)c(Br)cc1[N+](=O)[O-])C(=O)O. The van der Waals surface area contributed by atoms with Gasteiger partial charge in [0.2, 0.25) is 5.75 Å². The van der Waals surface area contributed by atoms with Crippen molar-refractivity contribution in [3.8, 4) is 5.75 Å². The average molecular weight is 308 g/mol. The van der Waals surface area contributed by atoms with Gasteiger partial charge in [-0.3, -0.25) is 10.1 Å². The van der Waals surface area contributed by atoms with Crippen LogP contribution in [0.4, 0.5) is 10.1 Å². The van der Waals surface area contributed by atoms with Crippen LogP contribution in [0, 0.1) is 15.9 Å². The molecule has 0 spiro atoms. The van der Waals surface area contributed by atoms with Crippen molar-refractivity contribution in [1.29, 1.82) is 0 Å². The molecular weight excluding hydrogens is 301 g/mol. The summed E-state index contributed by atoms with van der Waals surface area (Å²) in [5.41, 5.74) is -0.508. The van der Waals surface area contributed by atoms with Gasteiger partial charge in [-0.1, -0.05) is 0 Å². The number of rotatable bonds is 4. The molecule has 0 radical (unpaired) electrons. The standard InChI is InChI=1S/C9H7BrFNO5/c1-4(9(13)14)17-8-3-6(11)5(10)2-7(8)12(15)16/h2-4H,1H3,(H,13,14). The topological polar surface area (TPSA) is 89.7 Å². The number of carbonyl (C=O) groups is 1. The van der Waals surface area contributed by atoms with E-state index in [1.807, 2.05) is 0 Å². The van der Waals surface area contributed by atoms with Gasteiger partial charge in [0.05, 0.1) is 9.40 Å². The number of carboxylic acids is 1. The molecule has 0 saturated carbocycles. The number of carboxylic acid groups (broad SMARTS) is 1. The van der Waals surface area contributed by atoms with Crippen LogP contribution in [-0.4, -0.2) is 22.1 Å². The van der Waals surface area contributed by atoms with Gasteiger partial charge in [-0.2, -0.15) is 0 Å². The zero-order valence-corrected chi connectivity index (χ0v) is 10.1. The highest BCUT2D eigenvalue weighted by Crippen LogP contribution is 2.33. The number of hydrogen-bond donors (Lipinski definition) is 1. The Bertz CT molecular complexity index is 479. The second-order valence-electron chi connectivity index (χ2n) is 3.09. The normalized spacial score (nSPS) is 11.9. The number of benzene rings is 1. The van der Waals surface area contributed by atoms with Crippen molar-refractivity contribution in [3.05, 3.63) is 32.5 Å². The fraction of sp³-hybridized carbons (Fsp3) is 0.222. The van der Waals surface area contributed by atoms with E-state index in [0.717, 1.165) is 12.1 Å². The maximum atomic E-state index is 13.2. The van der Waals surface area contributed by atoms with Crippen LogP contribution in [0.1, 0.15) is 6.92 Å². The molecule has 1 aromatic rings. The molecule has 0 aliphatic heterocycles. The Morgan fingerprint density at radius 1 is 1.65 bits per heavy atom. The van der Waals surface area contributed by atoms with Gasteiger partial charge in [0.1, 0.15) is 5.82 Å². The highest BCUT2D eigenvalue weighted by molar-refractivity contribution is 9.10. The Morgan fingerprint density at radius 3 is 2.71 bits per heavy atom. The van der Waals surface area contributed by atoms with E-state index in [1.165, 1.54) is 6.92 Å². The zero-order valence-electron chi connectivity index (χ0n) is 8.52. The Kier molecular flexibility index (Phi) is 4.00. The lowest BCUT2D eigenvalue weighted by molar-refractivity contribution is -0.386. The predicted molar refractivity (Wildman–Crippen MR) is 58.5 cm³/mol. The van der Waals surface area contributed by atoms with Crippen LogP contribution >= 0.6 is 15.9 Å². The smallest absolute Gasteiger partial charge is 0.344 e. The molecule has 1 rings (SSSR count). The van der Waals surface area contributed by atoms with Gasteiger partial charge in [-0.05, 0) is 22.9 Å². The maximum absolute atomic E-state index is 13.2. The first kappa shape index (κ1) is 13.4. The molecule has 92 valence electrons. The van der Waals surface area contributed by atoms with E-state index in [-0.39, 0.29) is 4.47 Å². The largest absolute Gasteiger partial charge is 0.479 e. The van der Waals surface area contributed by atoms with Crippen molar-refractivity contribution in [2.75, 3.05) is 0 Å². The van der Waals surface area contributed by atoms with Crippen molar-refractivity contribution in [2.45, 2.75) is 13.0 Å². The molecule has 17 heavy (non-hydrogen) atoms. The number of ether oxygens (including phenoxy) is 1. The van der Waals surface area contributed by atoms with Crippen molar-refractivity contribution >= 4 is 27.6 Å². The van der Waals surface area contributed by atoms with Crippen LogP contribution in [0.3, 0.4) is 0 Å². The molecule has 0 bridgehead atoms. The Hall–Kier alpha value is -1.70. The summed E-state index contributed by atoms with van der Waals surface area (Å²) in [5.74, 6) is -2.50. The van der Waals surface area contributed by atoms with Gasteiger partial charge < -0.3 is 9.84 Å². The van der Waals surface area contributed by atoms with Crippen molar-refractivity contribution in [1.82, 2.24) is 0 Å². The molecule has 0 aliphatic carbocycles. The first-order chi connectivity index (χ1) is 7.82. The maximum Gasteiger partial charge on any atom is 0.344 e. The van der Waals surface area contributed by atoms with Gasteiger partial charge in [-0.15, -0.1) is 0 Å². The molecule has 0 aromatic heterocycles. The number of aliphatic carboxylic acids is 1. The number of nitro groups is 1. The summed E-state index contributed by atoms with van der Waals surface area (Å²) in [4.78, 5) is 20.4. The first-order valence-electron chi connectivity index (χ1n) is 4.36. The fourth-order valence-corrected chi connectivity index (χ4v) is 1.33. The summed E-state index contributed by atoms with van der Waals surface area (Å²) in [7, 11) is 0. The molecule has 8 heteroatoms. The molecule has 1 unspecified atom stereocenters. The molecule has 0 aliphatic rings. The van der Waals surface area contributed by atoms with Crippen LogP contribution in [-0.2, 0) is 4.79 Å². The van der Waals surface area contributed by atoms with Crippen molar-refractivity contribution in [3.63, 3.8) is 0 Å². The third-order valence-electron chi connectivity index (χ3n) is 1.85. The van der Waals surface area contributed by atoms with Gasteiger partial charge in [-0.25, -0.2) is 9.18 Å². The van der Waals surface area contributed by atoms with E-state index in [9.17, 15) is 19.3 Å². The zero-order chi connectivity index (χ0) is 13.2. The van der Waals surface area contributed by atoms with E-state index in [1.54, 1.807) is 0 Å². The second-order valence-corrected chi connectivity index (χ2v) is 3.94. The number of halogens is 2. The molecule has 1 N–H and O–H groups in total. The summed E-state index contributed by atoms with van der Waals surface area (Å²) in [5, 5.41) is 19.3. The molecule has 0 fully saturated rings. The number of nitrogens with zero attached hydrogens (tertiary/aromatic N) is 1. The average Bonchev–Trinajstić information content (AvgIpc) is 2.22. The van der Waals surface area contributed by atoms with Crippen LogP contribution in [0.2, 0.25) is 0 Å². The van der Waals surface area contributed by atoms with Crippen LogP contribution in [0.15, 0.2) is 16.6 Å². The lowest BCUT2D eigenvalue weighted by atomic mass is 10.3. The molecule has 0 heterocycles. The van der Waals surface area contributed by atoms with Crippen LogP contribution in [0.25, 0.3) is 0 Å². The van der Waals surface area contributed by atoms with Gasteiger partial charge in [0.25, 0.3) is 0 Å². The predicted octanol–water partition coefficient (Wildman–Crippen LogP) is 2.35. The van der Waals surface area contributed by atoms with E-state index in [4.69, 9.17) is 9.84 Å². The van der Waals surface area contributed by atoms with Crippen LogP contribution in [0.5, 0.6) is 5.75 Å². The van der Waals surface area contributed by atoms with Gasteiger partial charge in [0.15, 0.2) is 6.10 Å². The Morgan fingerprint density at radius 2 is 2.24 bits per heavy atom. The van der Waals surface area contributed by atoms with E-state index in [2.05, 4.69) is 15.9 Å². The third-order valence-corrected chi connectivity index (χ3v) is 2.46. The molecule has 0 saturated heterocycles. The summed E-state index contributed by atoms with van der Waals surface area (Å²) in [6, 6.07) is 1.68. The fourth-order valence-electron chi connectivity index (χ4n) is 0.996. The molecule has 6 nitrogen and oxygen atoms in total. The minimum atomic E-state index is -1.31.